The predicted octanol–water partition coefficient (Wildman–Crippen LogP) is 1.77. The van der Waals surface area contributed by atoms with Gasteiger partial charge in [0.25, 0.3) is 5.56 Å². The highest BCUT2D eigenvalue weighted by Gasteiger charge is 2.28. The van der Waals surface area contributed by atoms with Gasteiger partial charge in [0, 0.05) is 43.2 Å². The van der Waals surface area contributed by atoms with Crippen molar-refractivity contribution in [1.82, 2.24) is 24.6 Å². The van der Waals surface area contributed by atoms with Crippen LogP contribution >= 0.6 is 0 Å². The number of likely N-dealkylation sites (tertiary alicyclic amines) is 1. The summed E-state index contributed by atoms with van der Waals surface area (Å²) in [6.45, 7) is 11.7. The topological polar surface area (TPSA) is 63.9 Å². The van der Waals surface area contributed by atoms with E-state index in [1.165, 1.54) is 0 Å². The predicted molar refractivity (Wildman–Crippen MR) is 92.7 cm³/mol. The molecular formula is C18H25N5O. The fourth-order valence-corrected chi connectivity index (χ4v) is 2.97. The first-order chi connectivity index (χ1) is 11.3. The maximum absolute atomic E-state index is 12.1. The van der Waals surface area contributed by atoms with E-state index in [0.717, 1.165) is 36.8 Å². The number of hydrogen-bond acceptors (Lipinski definition) is 5. The van der Waals surface area contributed by atoms with E-state index >= 15 is 0 Å². The van der Waals surface area contributed by atoms with Gasteiger partial charge in [-0.1, -0.05) is 20.8 Å². The summed E-state index contributed by atoms with van der Waals surface area (Å²) in [4.78, 5) is 23.0. The van der Waals surface area contributed by atoms with Gasteiger partial charge in [-0.25, -0.2) is 14.6 Å². The van der Waals surface area contributed by atoms with Gasteiger partial charge in [-0.2, -0.15) is 5.10 Å². The average Bonchev–Trinajstić information content (AvgIpc) is 2.46. The van der Waals surface area contributed by atoms with Crippen molar-refractivity contribution >= 4 is 0 Å². The molecule has 0 atom stereocenters. The molecule has 2 aromatic rings. The molecule has 0 unspecified atom stereocenters. The third kappa shape index (κ3) is 3.87. The maximum Gasteiger partial charge on any atom is 0.266 e. The monoisotopic (exact) mass is 327 g/mol. The SMILES string of the molecule is Cc1nccc(CN2CC(Cn3nc(C(C)(C)C)ccc3=O)C2)n1. The summed E-state index contributed by atoms with van der Waals surface area (Å²) in [5.41, 5.74) is 1.93. The largest absolute Gasteiger partial charge is 0.297 e. The van der Waals surface area contributed by atoms with Gasteiger partial charge in [0.05, 0.1) is 17.9 Å². The Hall–Kier alpha value is -2.08. The summed E-state index contributed by atoms with van der Waals surface area (Å²) in [6, 6.07) is 5.43. The summed E-state index contributed by atoms with van der Waals surface area (Å²) >= 11 is 0. The van der Waals surface area contributed by atoms with E-state index in [0.29, 0.717) is 12.5 Å². The average molecular weight is 327 g/mol. The van der Waals surface area contributed by atoms with Crippen molar-refractivity contribution in [2.24, 2.45) is 5.92 Å². The minimum absolute atomic E-state index is 0.0205. The Morgan fingerprint density at radius 1 is 1.21 bits per heavy atom. The lowest BCUT2D eigenvalue weighted by Crippen LogP contribution is -2.49. The number of aryl methyl sites for hydroxylation is 1. The van der Waals surface area contributed by atoms with Crippen LogP contribution in [0.4, 0.5) is 0 Å². The molecule has 0 bridgehead atoms. The standard InChI is InChI=1S/C18H25N5O/c1-13-19-8-7-15(20-13)12-22-9-14(10-22)11-23-17(24)6-5-16(21-23)18(2,3)4/h5-8,14H,9-12H2,1-4H3. The first-order valence-electron chi connectivity index (χ1n) is 8.41. The molecule has 2 aromatic heterocycles. The van der Waals surface area contributed by atoms with E-state index in [1.807, 2.05) is 19.1 Å². The first kappa shape index (κ1) is 16.8. The highest BCUT2D eigenvalue weighted by molar-refractivity contribution is 5.10. The molecule has 0 amide bonds. The van der Waals surface area contributed by atoms with Crippen molar-refractivity contribution in [3.8, 4) is 0 Å². The Morgan fingerprint density at radius 3 is 2.62 bits per heavy atom. The fraction of sp³-hybridized carbons (Fsp3) is 0.556. The van der Waals surface area contributed by atoms with Crippen molar-refractivity contribution in [1.29, 1.82) is 0 Å². The zero-order chi connectivity index (χ0) is 17.3. The highest BCUT2D eigenvalue weighted by atomic mass is 16.1. The number of rotatable bonds is 4. The van der Waals surface area contributed by atoms with Gasteiger partial charge < -0.3 is 0 Å². The van der Waals surface area contributed by atoms with Crippen LogP contribution in [-0.2, 0) is 18.5 Å². The Balaban J connectivity index is 1.59. The zero-order valence-electron chi connectivity index (χ0n) is 14.9. The van der Waals surface area contributed by atoms with Gasteiger partial charge in [0.2, 0.25) is 0 Å². The Kier molecular flexibility index (Phi) is 4.49. The van der Waals surface area contributed by atoms with E-state index in [1.54, 1.807) is 16.9 Å². The number of hydrogen-bond donors (Lipinski definition) is 0. The van der Waals surface area contributed by atoms with E-state index in [2.05, 4.69) is 40.7 Å². The van der Waals surface area contributed by atoms with Crippen molar-refractivity contribution in [2.75, 3.05) is 13.1 Å². The van der Waals surface area contributed by atoms with Crippen LogP contribution < -0.4 is 5.56 Å². The quantitative estimate of drug-likeness (QED) is 0.856. The number of aromatic nitrogens is 4. The molecule has 1 aliphatic rings. The summed E-state index contributed by atoms with van der Waals surface area (Å²) in [5, 5.41) is 4.55. The summed E-state index contributed by atoms with van der Waals surface area (Å²) in [5.74, 6) is 1.27. The van der Waals surface area contributed by atoms with Gasteiger partial charge >= 0.3 is 0 Å². The summed E-state index contributed by atoms with van der Waals surface area (Å²) in [6.07, 6.45) is 1.80. The normalized spacial score (nSPS) is 16.2. The molecule has 1 aliphatic heterocycles. The van der Waals surface area contributed by atoms with E-state index < -0.39 is 0 Å². The third-order valence-corrected chi connectivity index (χ3v) is 4.32. The molecule has 0 radical (unpaired) electrons. The van der Waals surface area contributed by atoms with Crippen LogP contribution in [0.2, 0.25) is 0 Å². The van der Waals surface area contributed by atoms with E-state index in [4.69, 9.17) is 0 Å². The lowest BCUT2D eigenvalue weighted by atomic mass is 9.92. The van der Waals surface area contributed by atoms with Gasteiger partial charge in [0.1, 0.15) is 5.82 Å². The van der Waals surface area contributed by atoms with Crippen molar-refractivity contribution in [3.63, 3.8) is 0 Å². The molecule has 128 valence electrons. The molecular weight excluding hydrogens is 302 g/mol. The molecule has 3 heterocycles. The Labute approximate surface area is 142 Å². The van der Waals surface area contributed by atoms with Crippen LogP contribution in [0, 0.1) is 12.8 Å². The molecule has 1 saturated heterocycles. The molecule has 0 saturated carbocycles. The number of nitrogens with zero attached hydrogens (tertiary/aromatic N) is 5. The molecule has 0 aromatic carbocycles. The first-order valence-corrected chi connectivity index (χ1v) is 8.41. The summed E-state index contributed by atoms with van der Waals surface area (Å²) < 4.78 is 1.62. The second kappa shape index (κ2) is 6.43. The molecule has 3 rings (SSSR count). The molecule has 6 heteroatoms. The zero-order valence-corrected chi connectivity index (χ0v) is 14.9. The Bertz CT molecular complexity index is 771. The van der Waals surface area contributed by atoms with Crippen LogP contribution in [0.3, 0.4) is 0 Å². The van der Waals surface area contributed by atoms with Crippen molar-refractivity contribution < 1.29 is 0 Å². The smallest absolute Gasteiger partial charge is 0.266 e. The second-order valence-electron chi connectivity index (χ2n) is 7.64. The molecule has 0 N–H and O–H groups in total. The van der Waals surface area contributed by atoms with Crippen LogP contribution in [0.25, 0.3) is 0 Å². The van der Waals surface area contributed by atoms with Crippen LogP contribution in [0.1, 0.15) is 38.0 Å². The van der Waals surface area contributed by atoms with Gasteiger partial charge in [-0.15, -0.1) is 0 Å². The van der Waals surface area contributed by atoms with Crippen molar-refractivity contribution in [2.45, 2.75) is 46.2 Å². The van der Waals surface area contributed by atoms with Crippen LogP contribution in [0.5, 0.6) is 0 Å². The minimum atomic E-state index is -0.0496. The minimum Gasteiger partial charge on any atom is -0.297 e. The van der Waals surface area contributed by atoms with Gasteiger partial charge in [0.15, 0.2) is 0 Å². The molecule has 6 nitrogen and oxygen atoms in total. The molecule has 0 aliphatic carbocycles. The highest BCUT2D eigenvalue weighted by Crippen LogP contribution is 2.21. The lowest BCUT2D eigenvalue weighted by molar-refractivity contribution is 0.0750. The van der Waals surface area contributed by atoms with Crippen LogP contribution in [0.15, 0.2) is 29.2 Å². The van der Waals surface area contributed by atoms with E-state index in [-0.39, 0.29) is 11.0 Å². The van der Waals surface area contributed by atoms with Crippen molar-refractivity contribution in [3.05, 3.63) is 52.0 Å². The Morgan fingerprint density at radius 2 is 1.96 bits per heavy atom. The molecule has 24 heavy (non-hydrogen) atoms. The van der Waals surface area contributed by atoms with Crippen LogP contribution in [-0.4, -0.2) is 37.7 Å². The van der Waals surface area contributed by atoms with E-state index in [9.17, 15) is 4.79 Å². The molecule has 1 fully saturated rings. The lowest BCUT2D eigenvalue weighted by Gasteiger charge is -2.39. The summed E-state index contributed by atoms with van der Waals surface area (Å²) in [7, 11) is 0. The molecule has 0 spiro atoms. The van der Waals surface area contributed by atoms with Gasteiger partial charge in [-0.05, 0) is 19.1 Å². The second-order valence-corrected chi connectivity index (χ2v) is 7.64. The fourth-order valence-electron chi connectivity index (χ4n) is 2.97. The third-order valence-electron chi connectivity index (χ3n) is 4.32. The maximum atomic E-state index is 12.1. The van der Waals surface area contributed by atoms with Gasteiger partial charge in [-0.3, -0.25) is 9.69 Å².